The van der Waals surface area contributed by atoms with Gasteiger partial charge in [0.1, 0.15) is 17.5 Å². The Hall–Kier alpha value is -3.65. The van der Waals surface area contributed by atoms with E-state index in [2.05, 4.69) is 36.1 Å². The minimum Gasteiger partial charge on any atom is -0.339 e. The smallest absolute Gasteiger partial charge is 0.221 e. The van der Waals surface area contributed by atoms with Crippen LogP contribution in [-0.2, 0) is 4.79 Å². The molecule has 140 valence electrons. The summed E-state index contributed by atoms with van der Waals surface area (Å²) in [5, 5.41) is 17.8. The zero-order chi connectivity index (χ0) is 19.5. The predicted octanol–water partition coefficient (Wildman–Crippen LogP) is 4.45. The fourth-order valence-corrected chi connectivity index (χ4v) is 2.91. The second-order valence-corrected chi connectivity index (χ2v) is 6.47. The Bertz CT molecular complexity index is 1140. The Balaban J connectivity index is 1.63. The lowest BCUT2D eigenvalue weighted by Gasteiger charge is -2.09. The second kappa shape index (κ2) is 7.53. The van der Waals surface area contributed by atoms with E-state index in [0.29, 0.717) is 27.7 Å². The first kappa shape index (κ1) is 17.7. The quantitative estimate of drug-likeness (QED) is 0.399. The molecular weight excluding hydrogens is 378 g/mol. The highest BCUT2D eigenvalue weighted by atomic mass is 35.5. The molecule has 0 aliphatic carbocycles. The van der Waals surface area contributed by atoms with Crippen LogP contribution in [0.2, 0.25) is 5.02 Å². The summed E-state index contributed by atoms with van der Waals surface area (Å²) in [5.74, 6) is 1.05. The number of H-pyrrole nitrogens is 1. The Morgan fingerprint density at radius 3 is 2.46 bits per heavy atom. The van der Waals surface area contributed by atoms with Crippen LogP contribution in [0.3, 0.4) is 0 Å². The van der Waals surface area contributed by atoms with Gasteiger partial charge < -0.3 is 16.0 Å². The number of aromatic amines is 1. The zero-order valence-electron chi connectivity index (χ0n) is 14.8. The monoisotopic (exact) mass is 393 g/mol. The molecule has 0 atom stereocenters. The molecule has 0 radical (unpaired) electrons. The van der Waals surface area contributed by atoms with Crippen LogP contribution in [0.15, 0.2) is 54.9 Å². The van der Waals surface area contributed by atoms with Gasteiger partial charge in [0.05, 0.1) is 0 Å². The minimum absolute atomic E-state index is 0.118. The molecule has 0 saturated carbocycles. The lowest BCUT2D eigenvalue weighted by Crippen LogP contribution is -2.05. The van der Waals surface area contributed by atoms with Crippen LogP contribution in [-0.4, -0.2) is 26.1 Å². The van der Waals surface area contributed by atoms with Crippen molar-refractivity contribution in [3.63, 3.8) is 0 Å². The molecule has 2 aromatic carbocycles. The maximum atomic E-state index is 11.1. The van der Waals surface area contributed by atoms with Gasteiger partial charge in [0.15, 0.2) is 11.5 Å². The summed E-state index contributed by atoms with van der Waals surface area (Å²) in [7, 11) is 0. The molecule has 28 heavy (non-hydrogen) atoms. The van der Waals surface area contributed by atoms with Crippen molar-refractivity contribution in [3.8, 4) is 0 Å². The summed E-state index contributed by atoms with van der Waals surface area (Å²) in [6, 6.07) is 14.7. The van der Waals surface area contributed by atoms with Crippen LogP contribution in [0, 0.1) is 0 Å². The molecule has 4 N–H and O–H groups in total. The van der Waals surface area contributed by atoms with Gasteiger partial charge in [-0.25, -0.2) is 9.97 Å². The highest BCUT2D eigenvalue weighted by Crippen LogP contribution is 2.30. The summed E-state index contributed by atoms with van der Waals surface area (Å²) < 4.78 is 0. The summed E-state index contributed by atoms with van der Waals surface area (Å²) in [6.45, 7) is 1.47. The molecule has 0 saturated heterocycles. The van der Waals surface area contributed by atoms with Gasteiger partial charge in [-0.1, -0.05) is 17.7 Å². The van der Waals surface area contributed by atoms with Crippen molar-refractivity contribution in [2.75, 3.05) is 16.0 Å². The van der Waals surface area contributed by atoms with E-state index in [1.807, 2.05) is 30.3 Å². The first-order valence-corrected chi connectivity index (χ1v) is 8.82. The molecule has 0 aliphatic heterocycles. The van der Waals surface area contributed by atoms with Crippen molar-refractivity contribution < 1.29 is 4.79 Å². The maximum absolute atomic E-state index is 11.1. The van der Waals surface area contributed by atoms with E-state index in [1.54, 1.807) is 18.2 Å². The zero-order valence-corrected chi connectivity index (χ0v) is 15.6. The summed E-state index contributed by atoms with van der Waals surface area (Å²) >= 11 is 6.06. The van der Waals surface area contributed by atoms with Crippen LogP contribution >= 0.6 is 11.6 Å². The van der Waals surface area contributed by atoms with E-state index in [1.165, 1.54) is 13.3 Å². The van der Waals surface area contributed by atoms with Crippen molar-refractivity contribution in [2.45, 2.75) is 6.92 Å². The second-order valence-electron chi connectivity index (χ2n) is 6.04. The highest BCUT2D eigenvalue weighted by molar-refractivity contribution is 6.30. The summed E-state index contributed by atoms with van der Waals surface area (Å²) in [6.07, 6.45) is 1.46. The van der Waals surface area contributed by atoms with Crippen molar-refractivity contribution in [1.29, 1.82) is 0 Å². The number of amides is 1. The van der Waals surface area contributed by atoms with Crippen LogP contribution in [0.25, 0.3) is 11.0 Å². The molecule has 0 unspecified atom stereocenters. The van der Waals surface area contributed by atoms with Crippen LogP contribution < -0.4 is 16.0 Å². The Kier molecular flexibility index (Phi) is 4.77. The maximum Gasteiger partial charge on any atom is 0.221 e. The van der Waals surface area contributed by atoms with E-state index in [9.17, 15) is 4.79 Å². The average Bonchev–Trinajstić information content (AvgIpc) is 3.07. The van der Waals surface area contributed by atoms with Gasteiger partial charge in [0, 0.05) is 29.0 Å². The van der Waals surface area contributed by atoms with Crippen LogP contribution in [0.1, 0.15) is 6.92 Å². The third kappa shape index (κ3) is 3.86. The van der Waals surface area contributed by atoms with Crippen molar-refractivity contribution in [3.05, 3.63) is 59.9 Å². The number of hydrogen-bond acceptors (Lipinski definition) is 6. The number of carbonyl (C=O) groups is 1. The van der Waals surface area contributed by atoms with E-state index in [0.717, 1.165) is 17.1 Å². The highest BCUT2D eigenvalue weighted by Gasteiger charge is 2.13. The van der Waals surface area contributed by atoms with Gasteiger partial charge in [0.25, 0.3) is 0 Å². The molecular formula is C19H16ClN7O. The van der Waals surface area contributed by atoms with Gasteiger partial charge in [-0.2, -0.15) is 5.10 Å². The third-order valence-corrected chi connectivity index (χ3v) is 4.15. The normalized spacial score (nSPS) is 10.6. The fraction of sp³-hybridized carbons (Fsp3) is 0.0526. The topological polar surface area (TPSA) is 108 Å². The van der Waals surface area contributed by atoms with Gasteiger partial charge in [0.2, 0.25) is 5.91 Å². The molecule has 4 aromatic rings. The van der Waals surface area contributed by atoms with Gasteiger partial charge in [-0.3, -0.25) is 9.89 Å². The number of rotatable bonds is 5. The SMILES string of the molecule is CC(=O)Nc1ccc(Nc2n[nH]c3ncnc(Nc4cccc(Cl)c4)c23)cc1. The Morgan fingerprint density at radius 2 is 1.71 bits per heavy atom. The number of hydrogen-bond donors (Lipinski definition) is 4. The lowest BCUT2D eigenvalue weighted by molar-refractivity contribution is -0.114. The number of nitrogens with zero attached hydrogens (tertiary/aromatic N) is 3. The summed E-state index contributed by atoms with van der Waals surface area (Å²) in [5.41, 5.74) is 2.92. The molecule has 2 heterocycles. The first-order chi connectivity index (χ1) is 13.6. The van der Waals surface area contributed by atoms with Crippen LogP contribution in [0.4, 0.5) is 28.7 Å². The number of nitrogens with one attached hydrogen (secondary N) is 4. The van der Waals surface area contributed by atoms with E-state index >= 15 is 0 Å². The first-order valence-electron chi connectivity index (χ1n) is 8.45. The number of benzene rings is 2. The molecule has 9 heteroatoms. The number of anilines is 5. The van der Waals surface area contributed by atoms with E-state index in [4.69, 9.17) is 11.6 Å². The van der Waals surface area contributed by atoms with Gasteiger partial charge >= 0.3 is 0 Å². The average molecular weight is 394 g/mol. The molecule has 1 amide bonds. The number of carbonyl (C=O) groups excluding carboxylic acids is 1. The molecule has 8 nitrogen and oxygen atoms in total. The van der Waals surface area contributed by atoms with Gasteiger partial charge in [-0.15, -0.1) is 0 Å². The van der Waals surface area contributed by atoms with E-state index in [-0.39, 0.29) is 5.91 Å². The van der Waals surface area contributed by atoms with E-state index < -0.39 is 0 Å². The van der Waals surface area contributed by atoms with Gasteiger partial charge in [-0.05, 0) is 42.5 Å². The summed E-state index contributed by atoms with van der Waals surface area (Å²) in [4.78, 5) is 19.7. The third-order valence-electron chi connectivity index (χ3n) is 3.91. The molecule has 4 rings (SSSR count). The van der Waals surface area contributed by atoms with Crippen molar-refractivity contribution in [1.82, 2.24) is 20.2 Å². The molecule has 0 spiro atoms. The molecule has 0 fully saturated rings. The molecule has 2 aromatic heterocycles. The van der Waals surface area contributed by atoms with Crippen molar-refractivity contribution in [2.24, 2.45) is 0 Å². The largest absolute Gasteiger partial charge is 0.339 e. The van der Waals surface area contributed by atoms with Crippen molar-refractivity contribution >= 4 is 57.2 Å². The molecule has 0 aliphatic rings. The van der Waals surface area contributed by atoms with Crippen LogP contribution in [0.5, 0.6) is 0 Å². The lowest BCUT2D eigenvalue weighted by atomic mass is 10.2. The number of fused-ring (bicyclic) bond motifs is 1. The standard InChI is InChI=1S/C19H16ClN7O/c1-11(28)23-13-5-7-14(8-6-13)24-19-16-17(21-10-22-18(16)26-27-19)25-15-4-2-3-12(20)9-15/h2-10H,1H3,(H,23,28)(H3,21,22,24,25,26,27). The predicted molar refractivity (Wildman–Crippen MR) is 110 cm³/mol. The Labute approximate surface area is 165 Å². The number of aromatic nitrogens is 4. The minimum atomic E-state index is -0.118. The Morgan fingerprint density at radius 1 is 0.964 bits per heavy atom. The fourth-order valence-electron chi connectivity index (χ4n) is 2.72. The molecule has 0 bridgehead atoms. The number of halogens is 1.